The lowest BCUT2D eigenvalue weighted by molar-refractivity contribution is 0.0701. The third-order valence-corrected chi connectivity index (χ3v) is 5.02. The van der Waals surface area contributed by atoms with E-state index >= 15 is 0 Å². The van der Waals surface area contributed by atoms with E-state index in [1.807, 2.05) is 24.3 Å². The van der Waals surface area contributed by atoms with Crippen molar-refractivity contribution in [3.63, 3.8) is 0 Å². The molecule has 0 atom stereocenters. The number of carboxylic acid groups (broad SMARTS) is 1. The number of rotatable bonds is 5. The van der Waals surface area contributed by atoms with Crippen LogP contribution in [0.4, 0.5) is 0 Å². The van der Waals surface area contributed by atoms with Crippen molar-refractivity contribution in [2.24, 2.45) is 0 Å². The van der Waals surface area contributed by atoms with Gasteiger partial charge in [0.2, 0.25) is 0 Å². The first-order valence-corrected chi connectivity index (χ1v) is 8.30. The lowest BCUT2D eigenvalue weighted by Gasteiger charge is -1.99. The van der Waals surface area contributed by atoms with Gasteiger partial charge in [-0.2, -0.15) is 0 Å². The molecule has 0 bridgehead atoms. The molecule has 0 saturated carbocycles. The van der Waals surface area contributed by atoms with Gasteiger partial charge in [-0.25, -0.2) is 9.78 Å². The fraction of sp³-hybridized carbons (Fsp3) is 0.105. The van der Waals surface area contributed by atoms with Gasteiger partial charge in [0.05, 0.1) is 7.11 Å². The number of aromatic nitrogens is 1. The first kappa shape index (κ1) is 16.9. The molecule has 1 N–H and O–H groups in total. The van der Waals surface area contributed by atoms with Crippen LogP contribution in [0.1, 0.15) is 31.2 Å². The van der Waals surface area contributed by atoms with Crippen LogP contribution in [-0.2, 0) is 0 Å². The van der Waals surface area contributed by atoms with Crippen LogP contribution in [0.3, 0.4) is 0 Å². The molecule has 0 aliphatic heterocycles. The van der Waals surface area contributed by atoms with Crippen LogP contribution in [0.25, 0.3) is 16.3 Å². The first-order valence-electron chi connectivity index (χ1n) is 7.48. The van der Waals surface area contributed by atoms with E-state index in [-0.39, 0.29) is 10.7 Å². The van der Waals surface area contributed by atoms with E-state index in [2.05, 4.69) is 4.98 Å². The van der Waals surface area contributed by atoms with Crippen molar-refractivity contribution in [1.29, 1.82) is 0 Å². The standard InChI is InChI=1S/C19H15NO4S/c1-11-15-9-13(10-20-18(15)25-17(11)19(22)23)16(21)8-5-12-3-6-14(24-2)7-4-12/h3-10H,1-2H3,(H,22,23)/b8-5+. The van der Waals surface area contributed by atoms with E-state index in [0.717, 1.165) is 22.6 Å². The van der Waals surface area contributed by atoms with Crippen molar-refractivity contribution >= 4 is 39.4 Å². The highest BCUT2D eigenvalue weighted by Gasteiger charge is 2.16. The second kappa shape index (κ2) is 6.86. The van der Waals surface area contributed by atoms with Gasteiger partial charge in [-0.1, -0.05) is 18.2 Å². The molecule has 0 radical (unpaired) electrons. The Morgan fingerprint density at radius 1 is 1.24 bits per heavy atom. The molecule has 0 unspecified atom stereocenters. The van der Waals surface area contributed by atoms with Crippen molar-refractivity contribution in [1.82, 2.24) is 4.98 Å². The third-order valence-electron chi connectivity index (χ3n) is 3.82. The maximum atomic E-state index is 12.4. The predicted octanol–water partition coefficient (Wildman–Crippen LogP) is 4.21. The Bertz CT molecular complexity index is 987. The Hall–Kier alpha value is -2.99. The number of pyridine rings is 1. The number of ketones is 1. The van der Waals surface area contributed by atoms with Gasteiger partial charge in [-0.3, -0.25) is 4.79 Å². The summed E-state index contributed by atoms with van der Waals surface area (Å²) in [5.74, 6) is -0.416. The number of thiophene rings is 1. The van der Waals surface area contributed by atoms with E-state index in [1.165, 1.54) is 12.3 Å². The molecule has 25 heavy (non-hydrogen) atoms. The minimum absolute atomic E-state index is 0.187. The maximum Gasteiger partial charge on any atom is 0.346 e. The summed E-state index contributed by atoms with van der Waals surface area (Å²) in [5.41, 5.74) is 1.94. The Balaban J connectivity index is 1.87. The maximum absolute atomic E-state index is 12.4. The number of aryl methyl sites for hydroxylation is 1. The van der Waals surface area contributed by atoms with Crippen LogP contribution < -0.4 is 4.74 Å². The van der Waals surface area contributed by atoms with Gasteiger partial charge in [-0.15, -0.1) is 11.3 Å². The molecule has 5 nitrogen and oxygen atoms in total. The monoisotopic (exact) mass is 353 g/mol. The van der Waals surface area contributed by atoms with Gasteiger partial charge in [0.1, 0.15) is 15.5 Å². The number of benzene rings is 1. The van der Waals surface area contributed by atoms with E-state index in [1.54, 1.807) is 26.2 Å². The number of methoxy groups -OCH3 is 1. The Morgan fingerprint density at radius 3 is 2.60 bits per heavy atom. The van der Waals surface area contributed by atoms with E-state index < -0.39 is 5.97 Å². The number of carbonyl (C=O) groups is 2. The summed E-state index contributed by atoms with van der Waals surface area (Å²) < 4.78 is 5.09. The number of hydrogen-bond acceptors (Lipinski definition) is 5. The van der Waals surface area contributed by atoms with E-state index in [9.17, 15) is 14.7 Å². The van der Waals surface area contributed by atoms with E-state index in [0.29, 0.717) is 21.3 Å². The minimum Gasteiger partial charge on any atom is -0.497 e. The quantitative estimate of drug-likeness (QED) is 0.549. The van der Waals surface area contributed by atoms with Crippen LogP contribution in [0.15, 0.2) is 42.6 Å². The van der Waals surface area contributed by atoms with Gasteiger partial charge in [0.15, 0.2) is 5.78 Å². The highest BCUT2D eigenvalue weighted by molar-refractivity contribution is 7.20. The Kier molecular flexibility index (Phi) is 4.63. The molecule has 0 fully saturated rings. The molecule has 0 saturated heterocycles. The molecule has 3 rings (SSSR count). The molecule has 6 heteroatoms. The van der Waals surface area contributed by atoms with Gasteiger partial charge >= 0.3 is 5.97 Å². The number of allylic oxidation sites excluding steroid dienone is 1. The largest absolute Gasteiger partial charge is 0.497 e. The van der Waals surface area contributed by atoms with Crippen molar-refractivity contribution < 1.29 is 19.4 Å². The molecule has 0 spiro atoms. The average Bonchev–Trinajstić information content (AvgIpc) is 2.96. The smallest absolute Gasteiger partial charge is 0.346 e. The number of fused-ring (bicyclic) bond motifs is 1. The summed E-state index contributed by atoms with van der Waals surface area (Å²) in [7, 11) is 1.60. The van der Waals surface area contributed by atoms with Gasteiger partial charge in [0.25, 0.3) is 0 Å². The van der Waals surface area contributed by atoms with Crippen LogP contribution in [0.2, 0.25) is 0 Å². The minimum atomic E-state index is -0.979. The predicted molar refractivity (Wildman–Crippen MR) is 97.7 cm³/mol. The topological polar surface area (TPSA) is 76.5 Å². The fourth-order valence-electron chi connectivity index (χ4n) is 2.42. The number of hydrogen-bond donors (Lipinski definition) is 1. The number of ether oxygens (including phenoxy) is 1. The Labute approximate surface area is 148 Å². The summed E-state index contributed by atoms with van der Waals surface area (Å²) in [4.78, 5) is 28.7. The summed E-state index contributed by atoms with van der Waals surface area (Å²) in [6, 6.07) is 9.04. The van der Waals surface area contributed by atoms with E-state index in [4.69, 9.17) is 4.74 Å². The lowest BCUT2D eigenvalue weighted by atomic mass is 10.1. The Morgan fingerprint density at radius 2 is 1.96 bits per heavy atom. The molecule has 3 aromatic rings. The molecule has 2 heterocycles. The third kappa shape index (κ3) is 3.44. The number of carbonyl (C=O) groups excluding carboxylic acids is 1. The summed E-state index contributed by atoms with van der Waals surface area (Å²) in [6.45, 7) is 1.73. The first-order chi connectivity index (χ1) is 12.0. The molecule has 2 aromatic heterocycles. The van der Waals surface area contributed by atoms with Crippen molar-refractivity contribution in [2.75, 3.05) is 7.11 Å². The molecule has 126 valence electrons. The number of aromatic carboxylic acids is 1. The van der Waals surface area contributed by atoms with Gasteiger partial charge < -0.3 is 9.84 Å². The molecule has 0 aliphatic carbocycles. The van der Waals surface area contributed by atoms with Gasteiger partial charge in [-0.05, 0) is 42.3 Å². The van der Waals surface area contributed by atoms with Crippen LogP contribution in [0, 0.1) is 6.92 Å². The molecule has 0 amide bonds. The summed E-state index contributed by atoms with van der Waals surface area (Å²) in [5, 5.41) is 9.89. The molecular weight excluding hydrogens is 338 g/mol. The zero-order valence-corrected chi connectivity index (χ0v) is 14.5. The van der Waals surface area contributed by atoms with Crippen molar-refractivity contribution in [3.8, 4) is 5.75 Å². The van der Waals surface area contributed by atoms with Crippen molar-refractivity contribution in [2.45, 2.75) is 6.92 Å². The lowest BCUT2D eigenvalue weighted by Crippen LogP contribution is -1.96. The molecular formula is C19H15NO4S. The molecule has 1 aromatic carbocycles. The number of nitrogens with zero attached hydrogens (tertiary/aromatic N) is 1. The average molecular weight is 353 g/mol. The zero-order valence-electron chi connectivity index (χ0n) is 13.6. The highest BCUT2D eigenvalue weighted by atomic mass is 32.1. The fourth-order valence-corrected chi connectivity index (χ4v) is 3.39. The second-order valence-corrected chi connectivity index (χ2v) is 6.41. The second-order valence-electron chi connectivity index (χ2n) is 5.41. The molecule has 0 aliphatic rings. The van der Waals surface area contributed by atoms with Crippen LogP contribution >= 0.6 is 11.3 Å². The number of carboxylic acids is 1. The summed E-state index contributed by atoms with van der Waals surface area (Å²) in [6.07, 6.45) is 4.67. The highest BCUT2D eigenvalue weighted by Crippen LogP contribution is 2.30. The van der Waals surface area contributed by atoms with Crippen LogP contribution in [0.5, 0.6) is 5.75 Å². The normalized spacial score (nSPS) is 11.1. The van der Waals surface area contributed by atoms with Crippen LogP contribution in [-0.4, -0.2) is 29.0 Å². The zero-order chi connectivity index (χ0) is 18.0. The summed E-state index contributed by atoms with van der Waals surface area (Å²) >= 11 is 1.11. The van der Waals surface area contributed by atoms with Gasteiger partial charge in [0, 0.05) is 17.1 Å². The van der Waals surface area contributed by atoms with Crippen molar-refractivity contribution in [3.05, 3.63) is 64.2 Å². The SMILES string of the molecule is COc1ccc(/C=C/C(=O)c2cnc3sc(C(=O)O)c(C)c3c2)cc1.